The highest BCUT2D eigenvalue weighted by Gasteiger charge is 2.27. The zero-order chi connectivity index (χ0) is 27.6. The van der Waals surface area contributed by atoms with Crippen LogP contribution in [0.5, 0.6) is 0 Å². The zero-order valence-corrected chi connectivity index (χ0v) is 21.2. The van der Waals surface area contributed by atoms with Crippen molar-refractivity contribution >= 4 is 32.6 Å². The van der Waals surface area contributed by atoms with Crippen LogP contribution in [0.1, 0.15) is 5.56 Å². The van der Waals surface area contributed by atoms with Crippen molar-refractivity contribution in [3.63, 3.8) is 0 Å². The Kier molecular flexibility index (Phi) is 6.87. The SMILES string of the molecule is CS(=O)(=O)c1cccc(-c2ccc3nc(NCc4ccc(-n5cncn5)cc4)nc(NCC(F)(F)F)c3n2)c1. The molecule has 0 saturated carbocycles. The molecule has 39 heavy (non-hydrogen) atoms. The van der Waals surface area contributed by atoms with E-state index in [1.165, 1.54) is 18.5 Å². The average molecular weight is 555 g/mol. The topological polar surface area (TPSA) is 128 Å². The molecule has 0 aliphatic rings. The lowest BCUT2D eigenvalue weighted by Gasteiger charge is -2.14. The van der Waals surface area contributed by atoms with Crippen LogP contribution in [0.4, 0.5) is 24.9 Å². The van der Waals surface area contributed by atoms with Crippen molar-refractivity contribution in [2.45, 2.75) is 17.6 Å². The number of aromatic nitrogens is 6. The number of hydrogen-bond acceptors (Lipinski definition) is 9. The van der Waals surface area contributed by atoms with E-state index >= 15 is 0 Å². The molecule has 0 atom stereocenters. The molecule has 0 aliphatic carbocycles. The smallest absolute Gasteiger partial charge is 0.359 e. The summed E-state index contributed by atoms with van der Waals surface area (Å²) in [5.41, 5.74) is 2.97. The van der Waals surface area contributed by atoms with Crippen molar-refractivity contribution in [2.24, 2.45) is 0 Å². The number of rotatable bonds is 8. The second kappa shape index (κ2) is 10.3. The number of anilines is 2. The van der Waals surface area contributed by atoms with Gasteiger partial charge >= 0.3 is 6.18 Å². The molecule has 0 bridgehead atoms. The summed E-state index contributed by atoms with van der Waals surface area (Å²) in [5.74, 6) is 0.00336. The van der Waals surface area contributed by atoms with Crippen molar-refractivity contribution in [2.75, 3.05) is 23.4 Å². The molecule has 5 aromatic rings. The van der Waals surface area contributed by atoms with Crippen molar-refractivity contribution in [3.8, 4) is 16.9 Å². The van der Waals surface area contributed by atoms with Gasteiger partial charge in [-0.2, -0.15) is 23.3 Å². The Morgan fingerprint density at radius 3 is 2.44 bits per heavy atom. The number of nitrogens with one attached hydrogen (secondary N) is 2. The van der Waals surface area contributed by atoms with Crippen LogP contribution in [-0.2, 0) is 16.4 Å². The van der Waals surface area contributed by atoms with E-state index < -0.39 is 22.6 Å². The van der Waals surface area contributed by atoms with Crippen LogP contribution in [0.3, 0.4) is 0 Å². The molecule has 3 heterocycles. The van der Waals surface area contributed by atoms with Gasteiger partial charge in [0.1, 0.15) is 24.7 Å². The monoisotopic (exact) mass is 554 g/mol. The quantitative estimate of drug-likeness (QED) is 0.289. The lowest BCUT2D eigenvalue weighted by Crippen LogP contribution is -2.22. The molecule has 0 aliphatic heterocycles. The highest BCUT2D eigenvalue weighted by atomic mass is 32.2. The predicted molar refractivity (Wildman–Crippen MR) is 139 cm³/mol. The minimum Gasteiger partial charge on any atom is -0.359 e. The maximum atomic E-state index is 13.0. The third kappa shape index (κ3) is 6.29. The number of fused-ring (bicyclic) bond motifs is 1. The number of alkyl halides is 3. The van der Waals surface area contributed by atoms with E-state index in [4.69, 9.17) is 0 Å². The fraction of sp³-hybridized carbons (Fsp3) is 0.160. The van der Waals surface area contributed by atoms with Gasteiger partial charge in [-0.05, 0) is 42.0 Å². The van der Waals surface area contributed by atoms with Crippen LogP contribution in [-0.4, -0.2) is 57.1 Å². The molecule has 0 spiro atoms. The fourth-order valence-electron chi connectivity index (χ4n) is 3.74. The van der Waals surface area contributed by atoms with Gasteiger partial charge < -0.3 is 10.6 Å². The minimum atomic E-state index is -4.49. The molecule has 3 aromatic heterocycles. The van der Waals surface area contributed by atoms with E-state index in [0.29, 0.717) is 23.3 Å². The van der Waals surface area contributed by atoms with E-state index in [1.54, 1.807) is 35.3 Å². The van der Waals surface area contributed by atoms with Crippen LogP contribution in [0.15, 0.2) is 78.2 Å². The Hall–Kier alpha value is -4.59. The highest BCUT2D eigenvalue weighted by molar-refractivity contribution is 7.90. The minimum absolute atomic E-state index is 0.0995. The van der Waals surface area contributed by atoms with Crippen LogP contribution in [0.2, 0.25) is 0 Å². The molecule has 2 aromatic carbocycles. The number of sulfone groups is 1. The van der Waals surface area contributed by atoms with Gasteiger partial charge in [-0.15, -0.1) is 0 Å². The molecule has 0 fully saturated rings. The standard InChI is InChI=1S/C25H21F3N8O2S/c1-39(37,38)19-4-2-3-17(11-19)20-9-10-21-22(33-20)23(31-13-25(26,27)28)35-24(34-21)30-12-16-5-7-18(8-6-16)36-15-29-14-32-36/h2-11,14-15H,12-13H2,1H3,(H2,30,31,34,35). The van der Waals surface area contributed by atoms with E-state index in [1.807, 2.05) is 24.3 Å². The first kappa shape index (κ1) is 26.0. The third-order valence-corrected chi connectivity index (χ3v) is 6.74. The molecule has 10 nitrogen and oxygen atoms in total. The van der Waals surface area contributed by atoms with Gasteiger partial charge in [-0.25, -0.2) is 28.1 Å². The zero-order valence-electron chi connectivity index (χ0n) is 20.4. The first-order valence-corrected chi connectivity index (χ1v) is 13.4. The summed E-state index contributed by atoms with van der Waals surface area (Å²) in [4.78, 5) is 17.2. The second-order valence-corrected chi connectivity index (χ2v) is 10.6. The summed E-state index contributed by atoms with van der Waals surface area (Å²) in [7, 11) is -3.46. The summed E-state index contributed by atoms with van der Waals surface area (Å²) in [6.07, 6.45) is -0.389. The van der Waals surface area contributed by atoms with E-state index in [9.17, 15) is 21.6 Å². The van der Waals surface area contributed by atoms with Crippen LogP contribution >= 0.6 is 0 Å². The molecule has 2 N–H and O–H groups in total. The van der Waals surface area contributed by atoms with Crippen molar-refractivity contribution in [1.29, 1.82) is 0 Å². The highest BCUT2D eigenvalue weighted by Crippen LogP contribution is 2.27. The molecule has 5 rings (SSSR count). The van der Waals surface area contributed by atoms with Gasteiger partial charge in [-0.1, -0.05) is 24.3 Å². The van der Waals surface area contributed by atoms with Gasteiger partial charge in [0.25, 0.3) is 0 Å². The predicted octanol–water partition coefficient (Wildman–Crippen LogP) is 4.26. The Morgan fingerprint density at radius 2 is 1.74 bits per heavy atom. The van der Waals surface area contributed by atoms with Crippen LogP contribution in [0, 0.1) is 0 Å². The van der Waals surface area contributed by atoms with Gasteiger partial charge in [0.2, 0.25) is 5.95 Å². The molecular weight excluding hydrogens is 533 g/mol. The Bertz CT molecular complexity index is 1730. The Labute approximate surface area is 220 Å². The normalized spacial score (nSPS) is 12.0. The van der Waals surface area contributed by atoms with Crippen molar-refractivity contribution < 1.29 is 21.6 Å². The maximum absolute atomic E-state index is 13.0. The first-order valence-electron chi connectivity index (χ1n) is 11.5. The van der Waals surface area contributed by atoms with Crippen LogP contribution in [0.25, 0.3) is 28.0 Å². The van der Waals surface area contributed by atoms with Gasteiger partial charge in [0.05, 0.1) is 21.8 Å². The molecule has 0 unspecified atom stereocenters. The molecule has 0 radical (unpaired) electrons. The van der Waals surface area contributed by atoms with E-state index in [0.717, 1.165) is 17.5 Å². The lowest BCUT2D eigenvalue weighted by molar-refractivity contribution is -0.115. The largest absolute Gasteiger partial charge is 0.405 e. The summed E-state index contributed by atoms with van der Waals surface area (Å²) in [6, 6.07) is 16.8. The fourth-order valence-corrected chi connectivity index (χ4v) is 4.40. The average Bonchev–Trinajstić information content (AvgIpc) is 3.45. The summed E-state index contributed by atoms with van der Waals surface area (Å²) < 4.78 is 64.7. The van der Waals surface area contributed by atoms with E-state index in [-0.39, 0.29) is 22.2 Å². The molecular formula is C25H21F3N8O2S. The van der Waals surface area contributed by atoms with Gasteiger partial charge in [-0.3, -0.25) is 0 Å². The van der Waals surface area contributed by atoms with Crippen molar-refractivity contribution in [3.05, 3.63) is 78.9 Å². The van der Waals surface area contributed by atoms with E-state index in [2.05, 4.69) is 35.7 Å². The molecule has 200 valence electrons. The molecule has 14 heteroatoms. The number of nitrogens with zero attached hydrogens (tertiary/aromatic N) is 6. The lowest BCUT2D eigenvalue weighted by atomic mass is 10.1. The van der Waals surface area contributed by atoms with Crippen LogP contribution < -0.4 is 10.6 Å². The maximum Gasteiger partial charge on any atom is 0.405 e. The number of benzene rings is 2. The van der Waals surface area contributed by atoms with Crippen molar-refractivity contribution in [1.82, 2.24) is 29.7 Å². The molecule has 0 saturated heterocycles. The van der Waals surface area contributed by atoms with Gasteiger partial charge in [0.15, 0.2) is 15.7 Å². The first-order chi connectivity index (χ1) is 18.5. The summed E-state index contributed by atoms with van der Waals surface area (Å²) in [5, 5.41) is 9.43. The number of hydrogen-bond donors (Lipinski definition) is 2. The second-order valence-electron chi connectivity index (χ2n) is 8.59. The number of pyridine rings is 1. The van der Waals surface area contributed by atoms with Gasteiger partial charge in [0, 0.05) is 18.4 Å². The Balaban J connectivity index is 1.45. The third-order valence-electron chi connectivity index (χ3n) is 5.63. The summed E-state index contributed by atoms with van der Waals surface area (Å²) >= 11 is 0. The molecule has 0 amide bonds. The Morgan fingerprint density at radius 1 is 0.949 bits per heavy atom. The number of halogens is 3. The summed E-state index contributed by atoms with van der Waals surface area (Å²) in [6.45, 7) is -1.01.